The van der Waals surface area contributed by atoms with Gasteiger partial charge in [0.25, 0.3) is 0 Å². The molecule has 24 heavy (non-hydrogen) atoms. The monoisotopic (exact) mass is 324 g/mol. The van der Waals surface area contributed by atoms with Crippen LogP contribution in [0.15, 0.2) is 42.6 Å². The lowest BCUT2D eigenvalue weighted by Crippen LogP contribution is -2.39. The van der Waals surface area contributed by atoms with Crippen molar-refractivity contribution >= 4 is 5.91 Å². The smallest absolute Gasteiger partial charge is 0.219 e. The second kappa shape index (κ2) is 7.47. The maximum Gasteiger partial charge on any atom is 0.219 e. The van der Waals surface area contributed by atoms with Gasteiger partial charge in [0.2, 0.25) is 5.91 Å². The van der Waals surface area contributed by atoms with Gasteiger partial charge in [0.1, 0.15) is 5.75 Å². The lowest BCUT2D eigenvalue weighted by Gasteiger charge is -2.32. The highest BCUT2D eigenvalue weighted by molar-refractivity contribution is 5.73. The Hall–Kier alpha value is -2.36. The Bertz CT molecular complexity index is 680. The fourth-order valence-corrected chi connectivity index (χ4v) is 3.33. The molecule has 1 atom stereocenters. The number of pyridine rings is 1. The van der Waals surface area contributed by atoms with Gasteiger partial charge in [-0.3, -0.25) is 9.78 Å². The number of amides is 1. The maximum absolute atomic E-state index is 11.5. The van der Waals surface area contributed by atoms with Crippen molar-refractivity contribution in [2.45, 2.75) is 26.2 Å². The molecule has 1 saturated heterocycles. The molecule has 3 rings (SSSR count). The summed E-state index contributed by atoms with van der Waals surface area (Å²) in [6.07, 6.45) is 5.23. The molecule has 4 nitrogen and oxygen atoms in total. The fourth-order valence-electron chi connectivity index (χ4n) is 3.33. The number of benzene rings is 1. The van der Waals surface area contributed by atoms with Crippen LogP contribution in [0.4, 0.5) is 0 Å². The van der Waals surface area contributed by atoms with Gasteiger partial charge in [0, 0.05) is 31.8 Å². The van der Waals surface area contributed by atoms with E-state index in [0.717, 1.165) is 42.9 Å². The molecule has 2 heterocycles. The predicted octanol–water partition coefficient (Wildman–Crippen LogP) is 3.56. The highest BCUT2D eigenvalue weighted by atomic mass is 16.5. The number of carbonyl (C=O) groups is 1. The summed E-state index contributed by atoms with van der Waals surface area (Å²) >= 11 is 0. The third-order valence-corrected chi connectivity index (χ3v) is 4.70. The molecule has 0 saturated carbocycles. The molecule has 1 aromatic carbocycles. The Morgan fingerprint density at radius 1 is 1.25 bits per heavy atom. The zero-order valence-corrected chi connectivity index (χ0v) is 14.4. The van der Waals surface area contributed by atoms with Gasteiger partial charge >= 0.3 is 0 Å². The Kier molecular flexibility index (Phi) is 5.14. The molecular weight excluding hydrogens is 300 g/mol. The molecule has 0 bridgehead atoms. The molecule has 1 aliphatic heterocycles. The minimum atomic E-state index is 0.188. The molecule has 0 N–H and O–H groups in total. The number of piperidine rings is 1. The van der Waals surface area contributed by atoms with E-state index in [1.54, 1.807) is 14.0 Å². The Morgan fingerprint density at radius 3 is 2.67 bits per heavy atom. The zero-order chi connectivity index (χ0) is 16.9. The number of aromatic nitrogens is 1. The van der Waals surface area contributed by atoms with Gasteiger partial charge in [-0.1, -0.05) is 6.07 Å². The third-order valence-electron chi connectivity index (χ3n) is 4.70. The third kappa shape index (κ3) is 3.94. The van der Waals surface area contributed by atoms with Crippen molar-refractivity contribution in [2.24, 2.45) is 5.92 Å². The summed E-state index contributed by atoms with van der Waals surface area (Å²) in [7, 11) is 1.67. The van der Waals surface area contributed by atoms with Crippen LogP contribution in [0.2, 0.25) is 0 Å². The molecule has 1 aliphatic rings. The topological polar surface area (TPSA) is 42.4 Å². The summed E-state index contributed by atoms with van der Waals surface area (Å²) in [4.78, 5) is 18.1. The lowest BCUT2D eigenvalue weighted by atomic mass is 9.91. The molecule has 0 spiro atoms. The van der Waals surface area contributed by atoms with Crippen LogP contribution in [-0.4, -0.2) is 36.0 Å². The van der Waals surface area contributed by atoms with Crippen molar-refractivity contribution in [1.29, 1.82) is 0 Å². The predicted molar refractivity (Wildman–Crippen MR) is 94.9 cm³/mol. The number of nitrogens with zero attached hydrogens (tertiary/aromatic N) is 2. The number of hydrogen-bond donors (Lipinski definition) is 0. The second-order valence-corrected chi connectivity index (χ2v) is 6.46. The summed E-state index contributed by atoms with van der Waals surface area (Å²) in [6, 6.07) is 12.2. The van der Waals surface area contributed by atoms with E-state index in [9.17, 15) is 4.79 Å². The first-order valence-corrected chi connectivity index (χ1v) is 8.50. The standard InChI is InChI=1S/C20H24N2O2/c1-15(23)22-11-3-4-17(14-22)12-16-5-10-20(21-13-16)18-6-8-19(24-2)9-7-18/h5-10,13,17H,3-4,11-12,14H2,1-2H3/t17-/m0/s1. The zero-order valence-electron chi connectivity index (χ0n) is 14.4. The van der Waals surface area contributed by atoms with Crippen LogP contribution < -0.4 is 4.74 Å². The van der Waals surface area contributed by atoms with Gasteiger partial charge in [0.05, 0.1) is 12.8 Å². The molecule has 126 valence electrons. The SMILES string of the molecule is COc1ccc(-c2ccc(C[C@@H]3CCCN(C(C)=O)C3)cn2)cc1. The maximum atomic E-state index is 11.5. The molecule has 0 radical (unpaired) electrons. The van der Waals surface area contributed by atoms with Crippen LogP contribution in [0.25, 0.3) is 11.3 Å². The van der Waals surface area contributed by atoms with Crippen molar-refractivity contribution in [2.75, 3.05) is 20.2 Å². The molecule has 0 aliphatic carbocycles. The van der Waals surface area contributed by atoms with E-state index in [2.05, 4.69) is 17.1 Å². The summed E-state index contributed by atoms with van der Waals surface area (Å²) in [5.41, 5.74) is 3.29. The average Bonchev–Trinajstić information content (AvgIpc) is 2.63. The van der Waals surface area contributed by atoms with Crippen molar-refractivity contribution in [3.63, 3.8) is 0 Å². The second-order valence-electron chi connectivity index (χ2n) is 6.46. The van der Waals surface area contributed by atoms with Crippen molar-refractivity contribution < 1.29 is 9.53 Å². The van der Waals surface area contributed by atoms with Gasteiger partial charge in [-0.15, -0.1) is 0 Å². The van der Waals surface area contributed by atoms with Gasteiger partial charge in [-0.25, -0.2) is 0 Å². The van der Waals surface area contributed by atoms with Crippen molar-refractivity contribution in [3.05, 3.63) is 48.2 Å². The Balaban J connectivity index is 1.64. The highest BCUT2D eigenvalue weighted by Gasteiger charge is 2.21. The number of rotatable bonds is 4. The minimum absolute atomic E-state index is 0.188. The molecule has 1 fully saturated rings. The van der Waals surface area contributed by atoms with Crippen LogP contribution in [0, 0.1) is 5.92 Å². The van der Waals surface area contributed by atoms with E-state index < -0.39 is 0 Å². The Labute approximate surface area is 143 Å². The van der Waals surface area contributed by atoms with E-state index in [-0.39, 0.29) is 5.91 Å². The average molecular weight is 324 g/mol. The summed E-state index contributed by atoms with van der Waals surface area (Å²) in [5.74, 6) is 1.58. The van der Waals surface area contributed by atoms with Gasteiger partial charge in [-0.05, 0) is 61.1 Å². The first-order valence-electron chi connectivity index (χ1n) is 8.50. The summed E-state index contributed by atoms with van der Waals surface area (Å²) in [6.45, 7) is 3.43. The van der Waals surface area contributed by atoms with E-state index in [0.29, 0.717) is 5.92 Å². The van der Waals surface area contributed by atoms with Gasteiger partial charge < -0.3 is 9.64 Å². The quantitative estimate of drug-likeness (QED) is 0.863. The summed E-state index contributed by atoms with van der Waals surface area (Å²) in [5, 5.41) is 0. The number of likely N-dealkylation sites (tertiary alicyclic amines) is 1. The van der Waals surface area contributed by atoms with Gasteiger partial charge in [0.15, 0.2) is 0 Å². The molecule has 4 heteroatoms. The molecule has 0 unspecified atom stereocenters. The number of hydrogen-bond acceptors (Lipinski definition) is 3. The van der Waals surface area contributed by atoms with Crippen LogP contribution in [0.5, 0.6) is 5.75 Å². The number of carbonyl (C=O) groups excluding carboxylic acids is 1. The summed E-state index contributed by atoms with van der Waals surface area (Å²) < 4.78 is 5.19. The number of methoxy groups -OCH3 is 1. The minimum Gasteiger partial charge on any atom is -0.497 e. The normalized spacial score (nSPS) is 17.6. The van der Waals surface area contributed by atoms with E-state index in [4.69, 9.17) is 4.74 Å². The molecular formula is C20H24N2O2. The number of ether oxygens (including phenoxy) is 1. The van der Waals surface area contributed by atoms with Crippen molar-refractivity contribution in [1.82, 2.24) is 9.88 Å². The molecule has 2 aromatic rings. The van der Waals surface area contributed by atoms with Crippen LogP contribution in [0.1, 0.15) is 25.3 Å². The van der Waals surface area contributed by atoms with E-state index >= 15 is 0 Å². The largest absolute Gasteiger partial charge is 0.497 e. The lowest BCUT2D eigenvalue weighted by molar-refractivity contribution is -0.130. The van der Waals surface area contributed by atoms with Gasteiger partial charge in [-0.2, -0.15) is 0 Å². The fraction of sp³-hybridized carbons (Fsp3) is 0.400. The van der Waals surface area contributed by atoms with Crippen LogP contribution in [-0.2, 0) is 11.2 Å². The first-order chi connectivity index (χ1) is 11.7. The van der Waals surface area contributed by atoms with E-state index in [1.165, 1.54) is 12.0 Å². The van der Waals surface area contributed by atoms with Crippen LogP contribution >= 0.6 is 0 Å². The molecule has 1 amide bonds. The Morgan fingerprint density at radius 2 is 2.04 bits per heavy atom. The highest BCUT2D eigenvalue weighted by Crippen LogP contribution is 2.23. The van der Waals surface area contributed by atoms with Crippen molar-refractivity contribution in [3.8, 4) is 17.0 Å². The first kappa shape index (κ1) is 16.5. The molecule has 1 aromatic heterocycles. The van der Waals surface area contributed by atoms with E-state index in [1.807, 2.05) is 35.4 Å². The van der Waals surface area contributed by atoms with Crippen LogP contribution in [0.3, 0.4) is 0 Å².